The maximum absolute atomic E-state index is 5.99. The highest BCUT2D eigenvalue weighted by molar-refractivity contribution is 4.96. The molecule has 1 aliphatic carbocycles. The third-order valence-corrected chi connectivity index (χ3v) is 3.40. The van der Waals surface area contributed by atoms with Crippen LogP contribution in [0.3, 0.4) is 0 Å². The second kappa shape index (κ2) is 4.40. The van der Waals surface area contributed by atoms with Gasteiger partial charge in [0.25, 0.3) is 5.97 Å². The van der Waals surface area contributed by atoms with Crippen molar-refractivity contribution in [3.05, 3.63) is 0 Å². The Kier molecular flexibility index (Phi) is 3.33. The van der Waals surface area contributed by atoms with E-state index in [0.717, 1.165) is 6.42 Å². The smallest absolute Gasteiger partial charge is 0.286 e. The van der Waals surface area contributed by atoms with Gasteiger partial charge in [-0.05, 0) is 26.7 Å². The van der Waals surface area contributed by atoms with Gasteiger partial charge in [0.05, 0.1) is 12.0 Å². The molecule has 0 aromatic carbocycles. The first-order chi connectivity index (χ1) is 7.24. The van der Waals surface area contributed by atoms with Crippen LogP contribution in [0.25, 0.3) is 0 Å². The van der Waals surface area contributed by atoms with Crippen LogP contribution >= 0.6 is 0 Å². The summed E-state index contributed by atoms with van der Waals surface area (Å²) in [7, 11) is 0. The molecule has 1 saturated heterocycles. The van der Waals surface area contributed by atoms with Crippen molar-refractivity contribution < 1.29 is 14.2 Å². The number of hydrogen-bond donors (Lipinski definition) is 0. The van der Waals surface area contributed by atoms with Crippen molar-refractivity contribution in [1.82, 2.24) is 0 Å². The highest BCUT2D eigenvalue weighted by Gasteiger charge is 2.58. The summed E-state index contributed by atoms with van der Waals surface area (Å²) in [5, 5.41) is 0. The zero-order valence-corrected chi connectivity index (χ0v) is 9.88. The van der Waals surface area contributed by atoms with Crippen LogP contribution < -0.4 is 0 Å². The fraction of sp³-hybridized carbons (Fsp3) is 1.00. The molecule has 0 unspecified atom stereocenters. The predicted molar refractivity (Wildman–Crippen MR) is 57.5 cm³/mol. The molecule has 0 atom stereocenters. The Labute approximate surface area is 92.1 Å². The van der Waals surface area contributed by atoms with E-state index in [4.69, 9.17) is 14.2 Å². The van der Waals surface area contributed by atoms with Crippen LogP contribution in [0.1, 0.15) is 52.4 Å². The Bertz CT molecular complexity index is 193. The summed E-state index contributed by atoms with van der Waals surface area (Å²) in [4.78, 5) is 0. The molecule has 0 amide bonds. The van der Waals surface area contributed by atoms with Gasteiger partial charge in [-0.3, -0.25) is 0 Å². The fourth-order valence-electron chi connectivity index (χ4n) is 2.83. The van der Waals surface area contributed by atoms with Gasteiger partial charge in [-0.15, -0.1) is 0 Å². The topological polar surface area (TPSA) is 27.7 Å². The summed E-state index contributed by atoms with van der Waals surface area (Å²) in [6.45, 7) is 5.26. The Morgan fingerprint density at radius 2 is 1.53 bits per heavy atom. The SMILES string of the molecule is CCOC1(OCC)CC2(CCCCC2)O1. The molecule has 3 heteroatoms. The first-order valence-corrected chi connectivity index (χ1v) is 6.22. The molecule has 1 heterocycles. The summed E-state index contributed by atoms with van der Waals surface area (Å²) in [6, 6.07) is 0. The molecular weight excluding hydrogens is 192 g/mol. The molecule has 0 radical (unpaired) electrons. The van der Waals surface area contributed by atoms with E-state index in [0.29, 0.717) is 13.2 Å². The lowest BCUT2D eigenvalue weighted by Crippen LogP contribution is -2.63. The summed E-state index contributed by atoms with van der Waals surface area (Å²) in [6.07, 6.45) is 7.19. The van der Waals surface area contributed by atoms with Crippen molar-refractivity contribution in [3.63, 3.8) is 0 Å². The monoisotopic (exact) mass is 214 g/mol. The van der Waals surface area contributed by atoms with Gasteiger partial charge in [0, 0.05) is 13.2 Å². The molecule has 0 aromatic rings. The molecule has 0 bridgehead atoms. The summed E-state index contributed by atoms with van der Waals surface area (Å²) in [5.41, 5.74) is 0.0859. The Morgan fingerprint density at radius 1 is 1.00 bits per heavy atom. The fourth-order valence-corrected chi connectivity index (χ4v) is 2.83. The highest BCUT2D eigenvalue weighted by atomic mass is 16.9. The Hall–Kier alpha value is -0.120. The Morgan fingerprint density at radius 3 is 2.00 bits per heavy atom. The third kappa shape index (κ3) is 2.19. The van der Waals surface area contributed by atoms with E-state index in [2.05, 4.69) is 0 Å². The molecule has 0 aromatic heterocycles. The van der Waals surface area contributed by atoms with Crippen molar-refractivity contribution >= 4 is 0 Å². The number of ether oxygens (including phenoxy) is 3. The van der Waals surface area contributed by atoms with Crippen LogP contribution in [0.15, 0.2) is 0 Å². The van der Waals surface area contributed by atoms with Gasteiger partial charge in [-0.1, -0.05) is 19.3 Å². The first-order valence-electron chi connectivity index (χ1n) is 6.22. The average Bonchev–Trinajstić information content (AvgIpc) is 2.18. The zero-order chi connectivity index (χ0) is 10.8. The molecule has 1 saturated carbocycles. The van der Waals surface area contributed by atoms with Crippen LogP contribution in [0.4, 0.5) is 0 Å². The molecule has 2 rings (SSSR count). The van der Waals surface area contributed by atoms with Gasteiger partial charge in [-0.25, -0.2) is 0 Å². The van der Waals surface area contributed by atoms with E-state index >= 15 is 0 Å². The van der Waals surface area contributed by atoms with Gasteiger partial charge in [0.1, 0.15) is 0 Å². The molecule has 15 heavy (non-hydrogen) atoms. The van der Waals surface area contributed by atoms with Gasteiger partial charge < -0.3 is 14.2 Å². The maximum atomic E-state index is 5.99. The van der Waals surface area contributed by atoms with Crippen molar-refractivity contribution in [3.8, 4) is 0 Å². The summed E-state index contributed by atoms with van der Waals surface area (Å²) >= 11 is 0. The predicted octanol–water partition coefficient (Wildman–Crippen LogP) is 2.84. The second-order valence-electron chi connectivity index (χ2n) is 4.57. The first kappa shape index (κ1) is 11.4. The molecule has 88 valence electrons. The van der Waals surface area contributed by atoms with Crippen molar-refractivity contribution in [1.29, 1.82) is 0 Å². The minimum Gasteiger partial charge on any atom is -0.328 e. The van der Waals surface area contributed by atoms with E-state index in [9.17, 15) is 0 Å². The second-order valence-corrected chi connectivity index (χ2v) is 4.57. The molecule has 3 nitrogen and oxygen atoms in total. The quantitative estimate of drug-likeness (QED) is 0.673. The molecule has 1 aliphatic heterocycles. The standard InChI is InChI=1S/C12H22O3/c1-3-13-12(14-4-2)10-11(15-12)8-6-5-7-9-11/h3-10H2,1-2H3. The van der Waals surface area contributed by atoms with Gasteiger partial charge in [-0.2, -0.15) is 0 Å². The average molecular weight is 214 g/mol. The lowest BCUT2D eigenvalue weighted by atomic mass is 9.78. The van der Waals surface area contributed by atoms with Crippen LogP contribution in [0, 0.1) is 0 Å². The van der Waals surface area contributed by atoms with Crippen LogP contribution in [-0.2, 0) is 14.2 Å². The number of rotatable bonds is 4. The van der Waals surface area contributed by atoms with Gasteiger partial charge >= 0.3 is 0 Å². The summed E-state index contributed by atoms with van der Waals surface area (Å²) < 4.78 is 17.2. The summed E-state index contributed by atoms with van der Waals surface area (Å²) in [5.74, 6) is -0.707. The zero-order valence-electron chi connectivity index (χ0n) is 9.88. The lowest BCUT2D eigenvalue weighted by Gasteiger charge is -2.55. The van der Waals surface area contributed by atoms with E-state index < -0.39 is 5.97 Å². The van der Waals surface area contributed by atoms with Crippen LogP contribution in [-0.4, -0.2) is 24.8 Å². The minimum atomic E-state index is -0.707. The van der Waals surface area contributed by atoms with Crippen LogP contribution in [0.5, 0.6) is 0 Å². The number of hydrogen-bond acceptors (Lipinski definition) is 3. The van der Waals surface area contributed by atoms with E-state index in [1.54, 1.807) is 0 Å². The van der Waals surface area contributed by atoms with Gasteiger partial charge in [0.2, 0.25) is 0 Å². The molecule has 0 N–H and O–H groups in total. The van der Waals surface area contributed by atoms with Gasteiger partial charge in [0.15, 0.2) is 0 Å². The normalized spacial score (nSPS) is 27.6. The minimum absolute atomic E-state index is 0.0859. The maximum Gasteiger partial charge on any atom is 0.286 e. The van der Waals surface area contributed by atoms with Crippen molar-refractivity contribution in [2.75, 3.05) is 13.2 Å². The molecule has 2 aliphatic rings. The molecule has 2 fully saturated rings. The highest BCUT2D eigenvalue weighted by Crippen LogP contribution is 2.50. The van der Waals surface area contributed by atoms with Crippen molar-refractivity contribution in [2.24, 2.45) is 0 Å². The third-order valence-electron chi connectivity index (χ3n) is 3.40. The largest absolute Gasteiger partial charge is 0.328 e. The molecule has 1 spiro atoms. The van der Waals surface area contributed by atoms with E-state index in [-0.39, 0.29) is 5.60 Å². The molecular formula is C12H22O3. The van der Waals surface area contributed by atoms with Crippen molar-refractivity contribution in [2.45, 2.75) is 63.9 Å². The van der Waals surface area contributed by atoms with E-state index in [1.165, 1.54) is 32.1 Å². The van der Waals surface area contributed by atoms with E-state index in [1.807, 2.05) is 13.8 Å². The Balaban J connectivity index is 1.91. The van der Waals surface area contributed by atoms with Crippen LogP contribution in [0.2, 0.25) is 0 Å². The lowest BCUT2D eigenvalue weighted by molar-refractivity contribution is -0.490.